The summed E-state index contributed by atoms with van der Waals surface area (Å²) < 4.78 is 32.6. The standard InChI is InChI=1S/C15H15N3O3S2/c1-2-12-10-17-14(21-12)11-18(15-16-8-9-22-15)23(19,20)13-6-4-3-5-7-13/h3-10H,2,11H2,1H3. The van der Waals surface area contributed by atoms with E-state index in [4.69, 9.17) is 4.42 Å². The Kier molecular flexibility index (Phi) is 4.44. The summed E-state index contributed by atoms with van der Waals surface area (Å²) in [5, 5.41) is 2.11. The van der Waals surface area contributed by atoms with E-state index >= 15 is 0 Å². The van der Waals surface area contributed by atoms with E-state index in [0.717, 1.165) is 5.76 Å². The molecule has 0 atom stereocenters. The molecule has 0 aliphatic heterocycles. The Balaban J connectivity index is 1.99. The van der Waals surface area contributed by atoms with Gasteiger partial charge in [0.1, 0.15) is 12.3 Å². The maximum absolute atomic E-state index is 12.9. The first-order valence-corrected chi connectivity index (χ1v) is 9.34. The SMILES string of the molecule is CCc1cnc(CN(c2nccs2)S(=O)(=O)c2ccccc2)o1. The number of aromatic nitrogens is 2. The zero-order chi connectivity index (χ0) is 16.3. The van der Waals surface area contributed by atoms with Gasteiger partial charge >= 0.3 is 0 Å². The predicted octanol–water partition coefficient (Wildman–Crippen LogP) is 3.09. The van der Waals surface area contributed by atoms with Gasteiger partial charge in [-0.3, -0.25) is 0 Å². The van der Waals surface area contributed by atoms with E-state index in [0.29, 0.717) is 17.4 Å². The normalized spacial score (nSPS) is 11.5. The fraction of sp³-hybridized carbons (Fsp3) is 0.200. The minimum Gasteiger partial charge on any atom is -0.444 e. The van der Waals surface area contributed by atoms with Crippen molar-refractivity contribution in [1.82, 2.24) is 9.97 Å². The zero-order valence-corrected chi connectivity index (χ0v) is 14.0. The van der Waals surface area contributed by atoms with E-state index in [1.807, 2.05) is 6.92 Å². The summed E-state index contributed by atoms with van der Waals surface area (Å²) in [6.07, 6.45) is 3.89. The summed E-state index contributed by atoms with van der Waals surface area (Å²) in [4.78, 5) is 8.48. The molecule has 0 unspecified atom stereocenters. The number of benzene rings is 1. The Morgan fingerprint density at radius 1 is 1.22 bits per heavy atom. The summed E-state index contributed by atoms with van der Waals surface area (Å²) in [6.45, 7) is 1.95. The molecule has 0 radical (unpaired) electrons. The van der Waals surface area contributed by atoms with Crippen LogP contribution in [0.4, 0.5) is 5.13 Å². The summed E-state index contributed by atoms with van der Waals surface area (Å²) in [6, 6.07) is 8.26. The zero-order valence-electron chi connectivity index (χ0n) is 12.4. The van der Waals surface area contributed by atoms with Crippen molar-refractivity contribution in [3.05, 3.63) is 59.8 Å². The highest BCUT2D eigenvalue weighted by Gasteiger charge is 2.28. The number of sulfonamides is 1. The average molecular weight is 349 g/mol. The molecule has 0 saturated carbocycles. The molecule has 8 heteroatoms. The first-order valence-electron chi connectivity index (χ1n) is 7.02. The number of thiazole rings is 1. The van der Waals surface area contributed by atoms with E-state index in [1.54, 1.807) is 48.1 Å². The van der Waals surface area contributed by atoms with Gasteiger partial charge in [0.25, 0.3) is 10.0 Å². The van der Waals surface area contributed by atoms with Crippen molar-refractivity contribution in [2.24, 2.45) is 0 Å². The van der Waals surface area contributed by atoms with Crippen LogP contribution >= 0.6 is 11.3 Å². The molecule has 2 aromatic heterocycles. The van der Waals surface area contributed by atoms with Crippen LogP contribution < -0.4 is 4.31 Å². The topological polar surface area (TPSA) is 76.3 Å². The molecule has 0 spiro atoms. The monoisotopic (exact) mass is 349 g/mol. The van der Waals surface area contributed by atoms with Gasteiger partial charge in [0.15, 0.2) is 5.13 Å². The Morgan fingerprint density at radius 3 is 2.61 bits per heavy atom. The summed E-state index contributed by atoms with van der Waals surface area (Å²) in [5.74, 6) is 1.06. The molecule has 0 amide bonds. The Hall–Kier alpha value is -2.19. The quantitative estimate of drug-likeness (QED) is 0.683. The number of aryl methyl sites for hydroxylation is 1. The van der Waals surface area contributed by atoms with Gasteiger partial charge < -0.3 is 4.42 Å². The van der Waals surface area contributed by atoms with Crippen LogP contribution in [0.2, 0.25) is 0 Å². The highest BCUT2D eigenvalue weighted by atomic mass is 32.2. The Labute approximate surface area is 138 Å². The van der Waals surface area contributed by atoms with Crippen molar-refractivity contribution >= 4 is 26.5 Å². The first-order chi connectivity index (χ1) is 11.1. The van der Waals surface area contributed by atoms with Crippen LogP contribution in [0.5, 0.6) is 0 Å². The van der Waals surface area contributed by atoms with Crippen molar-refractivity contribution in [3.63, 3.8) is 0 Å². The third-order valence-electron chi connectivity index (χ3n) is 3.19. The molecular weight excluding hydrogens is 334 g/mol. The lowest BCUT2D eigenvalue weighted by Crippen LogP contribution is -2.30. The van der Waals surface area contributed by atoms with Crippen LogP contribution in [0.1, 0.15) is 18.6 Å². The van der Waals surface area contributed by atoms with Gasteiger partial charge in [0.05, 0.1) is 11.1 Å². The minimum absolute atomic E-state index is 0.00470. The van der Waals surface area contributed by atoms with Gasteiger partial charge in [0, 0.05) is 18.0 Å². The minimum atomic E-state index is -3.74. The summed E-state index contributed by atoms with van der Waals surface area (Å²) >= 11 is 1.25. The molecular formula is C15H15N3O3S2. The van der Waals surface area contributed by atoms with Gasteiger partial charge in [0.2, 0.25) is 5.89 Å². The van der Waals surface area contributed by atoms with Crippen molar-refractivity contribution < 1.29 is 12.8 Å². The van der Waals surface area contributed by atoms with E-state index < -0.39 is 10.0 Å². The van der Waals surface area contributed by atoms with Crippen LogP contribution in [0, 0.1) is 0 Å². The highest BCUT2D eigenvalue weighted by molar-refractivity contribution is 7.93. The van der Waals surface area contributed by atoms with Crippen molar-refractivity contribution in [3.8, 4) is 0 Å². The second-order valence-electron chi connectivity index (χ2n) is 4.71. The second kappa shape index (κ2) is 6.51. The molecule has 0 aliphatic rings. The molecule has 23 heavy (non-hydrogen) atoms. The molecule has 120 valence electrons. The van der Waals surface area contributed by atoms with Crippen LogP contribution in [0.25, 0.3) is 0 Å². The lowest BCUT2D eigenvalue weighted by Gasteiger charge is -2.20. The number of hydrogen-bond acceptors (Lipinski definition) is 6. The van der Waals surface area contributed by atoms with Crippen LogP contribution in [-0.2, 0) is 23.0 Å². The third kappa shape index (κ3) is 3.27. The predicted molar refractivity (Wildman–Crippen MR) is 87.8 cm³/mol. The van der Waals surface area contributed by atoms with Gasteiger partial charge in [-0.05, 0) is 12.1 Å². The second-order valence-corrected chi connectivity index (χ2v) is 7.45. The summed E-state index contributed by atoms with van der Waals surface area (Å²) in [5.41, 5.74) is 0. The molecule has 6 nitrogen and oxygen atoms in total. The Morgan fingerprint density at radius 2 is 2.00 bits per heavy atom. The fourth-order valence-corrected chi connectivity index (χ4v) is 4.28. The fourth-order valence-electron chi connectivity index (χ4n) is 2.02. The molecule has 3 aromatic rings. The number of nitrogens with zero attached hydrogens (tertiary/aromatic N) is 3. The molecule has 0 bridgehead atoms. The average Bonchev–Trinajstić information content (AvgIpc) is 3.24. The molecule has 2 heterocycles. The molecule has 0 fully saturated rings. The molecule has 3 rings (SSSR count). The van der Waals surface area contributed by atoms with Crippen molar-refractivity contribution in [2.45, 2.75) is 24.8 Å². The van der Waals surface area contributed by atoms with Crippen LogP contribution in [0.3, 0.4) is 0 Å². The van der Waals surface area contributed by atoms with Crippen molar-refractivity contribution in [2.75, 3.05) is 4.31 Å². The Bertz CT molecular complexity index is 859. The first kappa shape index (κ1) is 15.7. The van der Waals surface area contributed by atoms with Gasteiger partial charge in [-0.1, -0.05) is 25.1 Å². The number of rotatable bonds is 6. The van der Waals surface area contributed by atoms with Gasteiger partial charge in [-0.25, -0.2) is 22.7 Å². The molecule has 0 aliphatic carbocycles. The van der Waals surface area contributed by atoms with Gasteiger partial charge in [-0.15, -0.1) is 11.3 Å². The summed E-state index contributed by atoms with van der Waals surface area (Å²) in [7, 11) is -3.74. The van der Waals surface area contributed by atoms with Crippen LogP contribution in [-0.4, -0.2) is 18.4 Å². The van der Waals surface area contributed by atoms with E-state index in [-0.39, 0.29) is 11.4 Å². The van der Waals surface area contributed by atoms with Crippen LogP contribution in [0.15, 0.2) is 57.4 Å². The van der Waals surface area contributed by atoms with E-state index in [2.05, 4.69) is 9.97 Å². The maximum Gasteiger partial charge on any atom is 0.266 e. The lowest BCUT2D eigenvalue weighted by molar-refractivity contribution is 0.459. The number of oxazole rings is 1. The number of anilines is 1. The number of hydrogen-bond donors (Lipinski definition) is 0. The smallest absolute Gasteiger partial charge is 0.266 e. The third-order valence-corrected chi connectivity index (χ3v) is 5.85. The maximum atomic E-state index is 12.9. The lowest BCUT2D eigenvalue weighted by atomic mass is 10.4. The largest absolute Gasteiger partial charge is 0.444 e. The van der Waals surface area contributed by atoms with E-state index in [9.17, 15) is 8.42 Å². The molecule has 0 saturated heterocycles. The van der Waals surface area contributed by atoms with E-state index in [1.165, 1.54) is 15.6 Å². The van der Waals surface area contributed by atoms with Crippen molar-refractivity contribution in [1.29, 1.82) is 0 Å². The highest BCUT2D eigenvalue weighted by Crippen LogP contribution is 2.27. The molecule has 0 N–H and O–H groups in total. The van der Waals surface area contributed by atoms with Gasteiger partial charge in [-0.2, -0.15) is 0 Å². The molecule has 1 aromatic carbocycles.